The number of guanidine groups is 1. The lowest BCUT2D eigenvalue weighted by atomic mass is 9.99. The van der Waals surface area contributed by atoms with Crippen molar-refractivity contribution >= 4 is 5.96 Å². The van der Waals surface area contributed by atoms with Crippen LogP contribution in [-0.4, -0.2) is 62.1 Å². The highest BCUT2D eigenvalue weighted by Gasteiger charge is 2.25. The minimum atomic E-state index is 0.635. The minimum absolute atomic E-state index is 0.635. The third kappa shape index (κ3) is 5.47. The van der Waals surface area contributed by atoms with E-state index in [1.807, 2.05) is 7.05 Å². The summed E-state index contributed by atoms with van der Waals surface area (Å²) in [5, 5.41) is 3.59. The quantitative estimate of drug-likeness (QED) is 0.480. The van der Waals surface area contributed by atoms with Crippen LogP contribution in [0.4, 0.5) is 0 Å². The van der Waals surface area contributed by atoms with E-state index in [9.17, 15) is 0 Å². The third-order valence-corrected chi connectivity index (χ3v) is 5.90. The zero-order valence-electron chi connectivity index (χ0n) is 16.7. The Labute approximate surface area is 159 Å². The highest BCUT2D eigenvalue weighted by molar-refractivity contribution is 5.80. The Bertz CT molecular complexity index is 557. The molecule has 2 atom stereocenters. The van der Waals surface area contributed by atoms with Gasteiger partial charge in [-0.25, -0.2) is 0 Å². The van der Waals surface area contributed by atoms with Crippen molar-refractivity contribution in [2.24, 2.45) is 10.9 Å². The summed E-state index contributed by atoms with van der Waals surface area (Å²) in [5.41, 5.74) is 1.46. The number of hydrogen-bond donors (Lipinski definition) is 1. The van der Waals surface area contributed by atoms with Crippen molar-refractivity contribution in [1.82, 2.24) is 15.1 Å². The molecule has 0 spiro atoms. The maximum Gasteiger partial charge on any atom is 0.193 e. The molecule has 0 radical (unpaired) electrons. The molecule has 4 heteroatoms. The molecular formula is C22H36N4. The normalized spacial score (nSPS) is 24.8. The molecule has 1 aromatic carbocycles. The highest BCUT2D eigenvalue weighted by atomic mass is 15.3. The third-order valence-electron chi connectivity index (χ3n) is 5.90. The van der Waals surface area contributed by atoms with Crippen LogP contribution in [-0.2, 0) is 0 Å². The Hall–Kier alpha value is -1.55. The van der Waals surface area contributed by atoms with Crippen LogP contribution in [0.5, 0.6) is 0 Å². The van der Waals surface area contributed by atoms with E-state index in [0.717, 1.165) is 31.5 Å². The van der Waals surface area contributed by atoms with Gasteiger partial charge in [0.2, 0.25) is 0 Å². The van der Waals surface area contributed by atoms with Crippen LogP contribution < -0.4 is 5.32 Å². The standard InChI is InChI=1S/C22H36N4/c1-19-9-8-15-25(17-19)14-7-6-13-24-22(23-2)26-16-12-21(18-26)20-10-4-3-5-11-20/h3-5,10-11,19,21H,6-9,12-18H2,1-2H3,(H,23,24). The molecule has 1 N–H and O–H groups in total. The van der Waals surface area contributed by atoms with E-state index in [2.05, 4.69) is 57.4 Å². The van der Waals surface area contributed by atoms with Crippen molar-refractivity contribution in [1.29, 1.82) is 0 Å². The van der Waals surface area contributed by atoms with Crippen molar-refractivity contribution in [2.45, 2.75) is 44.9 Å². The zero-order valence-corrected chi connectivity index (χ0v) is 16.7. The van der Waals surface area contributed by atoms with E-state index in [0.29, 0.717) is 5.92 Å². The van der Waals surface area contributed by atoms with Crippen LogP contribution in [0, 0.1) is 5.92 Å². The van der Waals surface area contributed by atoms with Gasteiger partial charge in [-0.3, -0.25) is 4.99 Å². The number of nitrogens with zero attached hydrogens (tertiary/aromatic N) is 3. The number of likely N-dealkylation sites (tertiary alicyclic amines) is 2. The molecule has 2 heterocycles. The van der Waals surface area contributed by atoms with Gasteiger partial charge in [0.1, 0.15) is 0 Å². The van der Waals surface area contributed by atoms with Crippen molar-refractivity contribution in [3.63, 3.8) is 0 Å². The van der Waals surface area contributed by atoms with Crippen LogP contribution in [0.1, 0.15) is 50.5 Å². The van der Waals surface area contributed by atoms with Crippen LogP contribution in [0.2, 0.25) is 0 Å². The fraction of sp³-hybridized carbons (Fsp3) is 0.682. The van der Waals surface area contributed by atoms with Gasteiger partial charge >= 0.3 is 0 Å². The van der Waals surface area contributed by atoms with Gasteiger partial charge < -0.3 is 15.1 Å². The Morgan fingerprint density at radius 1 is 1.12 bits per heavy atom. The average molecular weight is 357 g/mol. The highest BCUT2D eigenvalue weighted by Crippen LogP contribution is 2.26. The first-order valence-corrected chi connectivity index (χ1v) is 10.5. The van der Waals surface area contributed by atoms with Gasteiger partial charge in [-0.05, 0) is 56.7 Å². The van der Waals surface area contributed by atoms with Gasteiger partial charge in [0.15, 0.2) is 5.96 Å². The number of hydrogen-bond acceptors (Lipinski definition) is 2. The lowest BCUT2D eigenvalue weighted by Gasteiger charge is -2.30. The maximum atomic E-state index is 4.52. The molecular weight excluding hydrogens is 320 g/mol. The summed E-state index contributed by atoms with van der Waals surface area (Å²) in [6, 6.07) is 10.9. The predicted octanol–water partition coefficient (Wildman–Crippen LogP) is 3.56. The van der Waals surface area contributed by atoms with Crippen molar-refractivity contribution in [2.75, 3.05) is 46.3 Å². The Morgan fingerprint density at radius 3 is 2.73 bits per heavy atom. The van der Waals surface area contributed by atoms with Crippen molar-refractivity contribution < 1.29 is 0 Å². The van der Waals surface area contributed by atoms with Gasteiger partial charge in [-0.1, -0.05) is 37.3 Å². The van der Waals surface area contributed by atoms with E-state index in [4.69, 9.17) is 0 Å². The molecule has 26 heavy (non-hydrogen) atoms. The number of rotatable bonds is 6. The average Bonchev–Trinajstić information content (AvgIpc) is 3.15. The zero-order chi connectivity index (χ0) is 18.2. The van der Waals surface area contributed by atoms with Crippen molar-refractivity contribution in [3.05, 3.63) is 35.9 Å². The second kappa shape index (κ2) is 9.96. The summed E-state index contributed by atoms with van der Waals surface area (Å²) >= 11 is 0. The van der Waals surface area contributed by atoms with Crippen LogP contribution >= 0.6 is 0 Å². The molecule has 2 saturated heterocycles. The first-order valence-electron chi connectivity index (χ1n) is 10.5. The predicted molar refractivity (Wildman–Crippen MR) is 111 cm³/mol. The first kappa shape index (κ1) is 19.2. The monoisotopic (exact) mass is 356 g/mol. The summed E-state index contributed by atoms with van der Waals surface area (Å²) in [7, 11) is 1.91. The number of piperidine rings is 1. The molecule has 2 fully saturated rings. The number of nitrogens with one attached hydrogen (secondary N) is 1. The second-order valence-electron chi connectivity index (χ2n) is 8.07. The SMILES string of the molecule is CN=C(NCCCCN1CCCC(C)C1)N1CCC(c2ccccc2)C1. The van der Waals surface area contributed by atoms with Gasteiger partial charge in [0, 0.05) is 39.1 Å². The lowest BCUT2D eigenvalue weighted by molar-refractivity contribution is 0.181. The van der Waals surface area contributed by atoms with E-state index in [1.165, 1.54) is 57.3 Å². The van der Waals surface area contributed by atoms with Crippen molar-refractivity contribution in [3.8, 4) is 0 Å². The molecule has 0 aromatic heterocycles. The summed E-state index contributed by atoms with van der Waals surface area (Å²) in [6.45, 7) is 9.45. The molecule has 2 unspecified atom stereocenters. The van der Waals surface area contributed by atoms with Crippen LogP contribution in [0.25, 0.3) is 0 Å². The maximum absolute atomic E-state index is 4.52. The Kier molecular flexibility index (Phi) is 7.36. The smallest absolute Gasteiger partial charge is 0.193 e. The summed E-state index contributed by atoms with van der Waals surface area (Å²) in [4.78, 5) is 9.58. The first-order chi connectivity index (χ1) is 12.8. The fourth-order valence-corrected chi connectivity index (χ4v) is 4.43. The second-order valence-corrected chi connectivity index (χ2v) is 8.07. The topological polar surface area (TPSA) is 30.9 Å². The van der Waals surface area contributed by atoms with Gasteiger partial charge in [0.25, 0.3) is 0 Å². The lowest BCUT2D eigenvalue weighted by Crippen LogP contribution is -2.40. The van der Waals surface area contributed by atoms with E-state index >= 15 is 0 Å². The molecule has 2 aliphatic heterocycles. The minimum Gasteiger partial charge on any atom is -0.356 e. The van der Waals surface area contributed by atoms with E-state index in [-0.39, 0.29) is 0 Å². The molecule has 0 aliphatic carbocycles. The number of benzene rings is 1. The molecule has 3 rings (SSSR count). The van der Waals surface area contributed by atoms with Crippen LogP contribution in [0.3, 0.4) is 0 Å². The molecule has 1 aromatic rings. The van der Waals surface area contributed by atoms with E-state index < -0.39 is 0 Å². The Balaban J connectivity index is 1.35. The van der Waals surface area contributed by atoms with E-state index in [1.54, 1.807) is 0 Å². The van der Waals surface area contributed by atoms with Gasteiger partial charge in [-0.15, -0.1) is 0 Å². The van der Waals surface area contributed by atoms with Gasteiger partial charge in [-0.2, -0.15) is 0 Å². The fourth-order valence-electron chi connectivity index (χ4n) is 4.43. The van der Waals surface area contributed by atoms with Crippen LogP contribution in [0.15, 0.2) is 35.3 Å². The summed E-state index contributed by atoms with van der Waals surface area (Å²) in [6.07, 6.45) is 6.51. The molecule has 2 aliphatic rings. The largest absolute Gasteiger partial charge is 0.356 e. The molecule has 0 saturated carbocycles. The Morgan fingerprint density at radius 2 is 1.96 bits per heavy atom. The molecule has 144 valence electrons. The molecule has 0 bridgehead atoms. The summed E-state index contributed by atoms with van der Waals surface area (Å²) in [5.74, 6) is 2.60. The molecule has 0 amide bonds. The number of aliphatic imine (C=N–C) groups is 1. The van der Waals surface area contributed by atoms with Gasteiger partial charge in [0.05, 0.1) is 0 Å². The summed E-state index contributed by atoms with van der Waals surface area (Å²) < 4.78 is 0. The molecule has 4 nitrogen and oxygen atoms in total. The number of unbranched alkanes of at least 4 members (excludes halogenated alkanes) is 1.